The zero-order chi connectivity index (χ0) is 17.2. The first kappa shape index (κ1) is 21.6. The van der Waals surface area contributed by atoms with Gasteiger partial charge in [0.05, 0.1) is 12.8 Å². The fraction of sp³-hybridized carbons (Fsp3) is 1.00. The Morgan fingerprint density at radius 3 is 1.00 bits per heavy atom. The third kappa shape index (κ3) is 7.21. The Balaban J connectivity index is 4.86. The van der Waals surface area contributed by atoms with Crippen LogP contribution in [0, 0.1) is 0 Å². The fourth-order valence-corrected chi connectivity index (χ4v) is 1.79. The molecule has 4 nitrogen and oxygen atoms in total. The fourth-order valence-electron chi connectivity index (χ4n) is 1.79. The van der Waals surface area contributed by atoms with Crippen molar-refractivity contribution in [2.24, 2.45) is 0 Å². The first-order chi connectivity index (χ1) is 10.2. The van der Waals surface area contributed by atoms with E-state index in [4.69, 9.17) is 18.9 Å². The van der Waals surface area contributed by atoms with Gasteiger partial charge in [0.2, 0.25) is 0 Å². The average Bonchev–Trinajstić information content (AvgIpc) is 2.38. The molecular formula is C14H26F4O4. The lowest BCUT2D eigenvalue weighted by Crippen LogP contribution is -2.46. The Bertz CT molecular complexity index is 250. The molecule has 0 radical (unpaired) electrons. The zero-order valence-electron chi connectivity index (χ0n) is 13.5. The second-order valence-electron chi connectivity index (χ2n) is 4.50. The normalized spacial score (nSPS) is 13.4. The van der Waals surface area contributed by atoms with Crippen molar-refractivity contribution < 1.29 is 36.5 Å². The van der Waals surface area contributed by atoms with E-state index in [9.17, 15) is 17.6 Å². The lowest BCUT2D eigenvalue weighted by atomic mass is 10.0. The van der Waals surface area contributed by atoms with Gasteiger partial charge >= 0.3 is 11.8 Å². The number of hydrogen-bond acceptors (Lipinski definition) is 4. The molecule has 0 fully saturated rings. The molecule has 0 aromatic carbocycles. The minimum Gasteiger partial charge on any atom is -0.353 e. The van der Waals surface area contributed by atoms with Crippen molar-refractivity contribution in [2.75, 3.05) is 26.4 Å². The van der Waals surface area contributed by atoms with Crippen LogP contribution in [0.3, 0.4) is 0 Å². The van der Waals surface area contributed by atoms with Gasteiger partial charge in [-0.25, -0.2) is 0 Å². The molecule has 0 spiro atoms. The van der Waals surface area contributed by atoms with Crippen molar-refractivity contribution in [1.29, 1.82) is 0 Å². The Morgan fingerprint density at radius 1 is 0.591 bits per heavy atom. The monoisotopic (exact) mass is 334 g/mol. The van der Waals surface area contributed by atoms with E-state index in [1.807, 2.05) is 0 Å². The van der Waals surface area contributed by atoms with Gasteiger partial charge in [0, 0.05) is 26.4 Å². The Labute approximate surface area is 129 Å². The van der Waals surface area contributed by atoms with E-state index in [1.54, 1.807) is 27.7 Å². The van der Waals surface area contributed by atoms with Crippen LogP contribution in [0.15, 0.2) is 0 Å². The SMILES string of the molecule is CCOC(CC(F)(F)C(F)(F)CC(OCC)OCC)OCC. The highest BCUT2D eigenvalue weighted by molar-refractivity contribution is 4.86. The lowest BCUT2D eigenvalue weighted by Gasteiger charge is -2.31. The molecule has 0 aliphatic rings. The van der Waals surface area contributed by atoms with Crippen molar-refractivity contribution in [3.05, 3.63) is 0 Å². The number of halogens is 4. The molecule has 0 bridgehead atoms. The van der Waals surface area contributed by atoms with Crippen molar-refractivity contribution in [3.8, 4) is 0 Å². The highest BCUT2D eigenvalue weighted by Gasteiger charge is 2.58. The van der Waals surface area contributed by atoms with E-state index >= 15 is 0 Å². The maximum atomic E-state index is 13.9. The number of ether oxygens (including phenoxy) is 4. The summed E-state index contributed by atoms with van der Waals surface area (Å²) in [4.78, 5) is 0. The zero-order valence-corrected chi connectivity index (χ0v) is 13.5. The quantitative estimate of drug-likeness (QED) is 0.379. The molecule has 22 heavy (non-hydrogen) atoms. The van der Waals surface area contributed by atoms with Gasteiger partial charge in [0.15, 0.2) is 12.6 Å². The standard InChI is InChI=1S/C14H26F4O4/c1-5-19-11(20-6-2)9-13(15,16)14(17,18)10-12(21-7-3)22-8-4/h11-12H,5-10H2,1-4H3. The minimum absolute atomic E-state index is 0.0901. The number of alkyl halides is 4. The van der Waals surface area contributed by atoms with Gasteiger partial charge in [-0.05, 0) is 27.7 Å². The predicted octanol–water partition coefficient (Wildman–Crippen LogP) is 3.84. The molecule has 0 aromatic heterocycles. The molecule has 0 saturated carbocycles. The molecule has 0 unspecified atom stereocenters. The maximum absolute atomic E-state index is 13.9. The first-order valence-corrected chi connectivity index (χ1v) is 7.46. The van der Waals surface area contributed by atoms with Crippen LogP contribution in [0.2, 0.25) is 0 Å². The third-order valence-corrected chi connectivity index (χ3v) is 2.79. The van der Waals surface area contributed by atoms with Crippen LogP contribution in [0.5, 0.6) is 0 Å². The molecule has 0 atom stereocenters. The molecule has 0 amide bonds. The summed E-state index contributed by atoms with van der Waals surface area (Å²) >= 11 is 0. The van der Waals surface area contributed by atoms with E-state index in [0.29, 0.717) is 0 Å². The summed E-state index contributed by atoms with van der Waals surface area (Å²) in [5.41, 5.74) is 0. The van der Waals surface area contributed by atoms with Crippen LogP contribution in [0.4, 0.5) is 17.6 Å². The third-order valence-electron chi connectivity index (χ3n) is 2.79. The van der Waals surface area contributed by atoms with Gasteiger partial charge < -0.3 is 18.9 Å². The van der Waals surface area contributed by atoms with Gasteiger partial charge in [0.1, 0.15) is 0 Å². The highest BCUT2D eigenvalue weighted by atomic mass is 19.3. The van der Waals surface area contributed by atoms with E-state index in [1.165, 1.54) is 0 Å². The molecule has 0 aliphatic carbocycles. The van der Waals surface area contributed by atoms with Crippen LogP contribution in [0.25, 0.3) is 0 Å². The molecular weight excluding hydrogens is 308 g/mol. The number of hydrogen-bond donors (Lipinski definition) is 0. The van der Waals surface area contributed by atoms with Gasteiger partial charge in [-0.1, -0.05) is 0 Å². The largest absolute Gasteiger partial charge is 0.353 e. The highest BCUT2D eigenvalue weighted by Crippen LogP contribution is 2.42. The van der Waals surface area contributed by atoms with Crippen LogP contribution in [0.1, 0.15) is 40.5 Å². The summed E-state index contributed by atoms with van der Waals surface area (Å²) in [6.45, 7) is 6.65. The van der Waals surface area contributed by atoms with E-state index in [0.717, 1.165) is 0 Å². The molecule has 134 valence electrons. The summed E-state index contributed by atoms with van der Waals surface area (Å²) in [7, 11) is 0. The molecule has 0 aromatic rings. The molecule has 0 N–H and O–H groups in total. The summed E-state index contributed by atoms with van der Waals surface area (Å²) in [6, 6.07) is 0. The predicted molar refractivity (Wildman–Crippen MR) is 73.2 cm³/mol. The second kappa shape index (κ2) is 10.4. The molecule has 0 heterocycles. The summed E-state index contributed by atoms with van der Waals surface area (Å²) < 4.78 is 75.3. The van der Waals surface area contributed by atoms with Crippen LogP contribution >= 0.6 is 0 Å². The second-order valence-corrected chi connectivity index (χ2v) is 4.50. The van der Waals surface area contributed by atoms with Gasteiger partial charge in [-0.15, -0.1) is 0 Å². The van der Waals surface area contributed by atoms with E-state index in [2.05, 4.69) is 0 Å². The van der Waals surface area contributed by atoms with Crippen LogP contribution < -0.4 is 0 Å². The van der Waals surface area contributed by atoms with E-state index < -0.39 is 37.3 Å². The van der Waals surface area contributed by atoms with Crippen molar-refractivity contribution >= 4 is 0 Å². The number of rotatable bonds is 13. The topological polar surface area (TPSA) is 36.9 Å². The van der Waals surface area contributed by atoms with Crippen molar-refractivity contribution in [2.45, 2.75) is 65.0 Å². The van der Waals surface area contributed by atoms with E-state index in [-0.39, 0.29) is 26.4 Å². The van der Waals surface area contributed by atoms with Gasteiger partial charge in [0.25, 0.3) is 0 Å². The molecule has 0 rings (SSSR count). The summed E-state index contributed by atoms with van der Waals surface area (Å²) in [5.74, 6) is -8.59. The molecule has 0 saturated heterocycles. The van der Waals surface area contributed by atoms with Crippen molar-refractivity contribution in [1.82, 2.24) is 0 Å². The summed E-state index contributed by atoms with van der Waals surface area (Å²) in [6.07, 6.45) is -5.22. The van der Waals surface area contributed by atoms with Crippen molar-refractivity contribution in [3.63, 3.8) is 0 Å². The minimum atomic E-state index is -4.30. The van der Waals surface area contributed by atoms with Crippen LogP contribution in [-0.4, -0.2) is 50.9 Å². The van der Waals surface area contributed by atoms with Gasteiger partial charge in [-0.3, -0.25) is 0 Å². The Kier molecular flexibility index (Phi) is 10.1. The molecule has 0 aliphatic heterocycles. The maximum Gasteiger partial charge on any atom is 0.315 e. The van der Waals surface area contributed by atoms with Crippen LogP contribution in [-0.2, 0) is 18.9 Å². The first-order valence-electron chi connectivity index (χ1n) is 7.46. The Hall–Kier alpha value is -0.440. The van der Waals surface area contributed by atoms with Gasteiger partial charge in [-0.2, -0.15) is 17.6 Å². The Morgan fingerprint density at radius 2 is 0.818 bits per heavy atom. The smallest absolute Gasteiger partial charge is 0.315 e. The summed E-state index contributed by atoms with van der Waals surface area (Å²) in [5, 5.41) is 0. The average molecular weight is 334 g/mol. The molecule has 8 heteroatoms. The lowest BCUT2D eigenvalue weighted by molar-refractivity contribution is -0.277.